The largest absolute Gasteiger partial charge is 0.461 e. The van der Waals surface area contributed by atoms with Gasteiger partial charge in [-0.1, -0.05) is 0 Å². The van der Waals surface area contributed by atoms with E-state index in [1.54, 1.807) is 10.7 Å². The molecule has 3 rings (SSSR count). The first-order chi connectivity index (χ1) is 10.0. The number of fused-ring (bicyclic) bond motifs is 1. The third-order valence-corrected chi connectivity index (χ3v) is 3.27. The number of carbonyl (C=O) groups excluding carboxylic acids is 1. The smallest absolute Gasteiger partial charge is 0.276 e. The molecule has 0 fully saturated rings. The fourth-order valence-electron chi connectivity index (χ4n) is 2.20. The average molecular weight is 283 g/mol. The van der Waals surface area contributed by atoms with E-state index in [4.69, 9.17) is 4.42 Å². The van der Waals surface area contributed by atoms with Crippen molar-refractivity contribution in [2.45, 2.75) is 26.8 Å². The Morgan fingerprint density at radius 2 is 2.10 bits per heavy atom. The number of aryl methyl sites for hydroxylation is 1. The Kier molecular flexibility index (Phi) is 3.25. The van der Waals surface area contributed by atoms with Gasteiger partial charge in [0.15, 0.2) is 5.69 Å². The molecule has 0 saturated heterocycles. The first kappa shape index (κ1) is 13.4. The van der Waals surface area contributed by atoms with Crippen molar-refractivity contribution in [2.24, 2.45) is 0 Å². The number of benzene rings is 1. The maximum atomic E-state index is 12.2. The van der Waals surface area contributed by atoms with Crippen LogP contribution >= 0.6 is 0 Å². The quantitative estimate of drug-likeness (QED) is 0.796. The molecule has 1 amide bonds. The van der Waals surface area contributed by atoms with Crippen molar-refractivity contribution in [3.05, 3.63) is 48.0 Å². The van der Waals surface area contributed by atoms with Gasteiger partial charge in [0.25, 0.3) is 5.91 Å². The number of nitrogens with zero attached hydrogens (tertiary/aromatic N) is 2. The number of rotatable bonds is 3. The molecule has 21 heavy (non-hydrogen) atoms. The fourth-order valence-corrected chi connectivity index (χ4v) is 2.20. The van der Waals surface area contributed by atoms with E-state index < -0.39 is 0 Å². The molecule has 0 radical (unpaired) electrons. The van der Waals surface area contributed by atoms with E-state index in [1.165, 1.54) is 0 Å². The van der Waals surface area contributed by atoms with Crippen molar-refractivity contribution in [2.75, 3.05) is 5.32 Å². The number of anilines is 1. The molecule has 0 aliphatic rings. The van der Waals surface area contributed by atoms with Crippen molar-refractivity contribution < 1.29 is 9.21 Å². The molecule has 0 unspecified atom stereocenters. The van der Waals surface area contributed by atoms with Gasteiger partial charge in [-0.25, -0.2) is 0 Å². The second kappa shape index (κ2) is 5.09. The van der Waals surface area contributed by atoms with Crippen LogP contribution in [0.25, 0.3) is 11.0 Å². The lowest BCUT2D eigenvalue weighted by molar-refractivity contribution is 0.102. The highest BCUT2D eigenvalue weighted by atomic mass is 16.3. The predicted octanol–water partition coefficient (Wildman–Crippen LogP) is 3.77. The Hall–Kier alpha value is -2.56. The fraction of sp³-hybridized carbons (Fsp3) is 0.250. The van der Waals surface area contributed by atoms with Gasteiger partial charge in [0, 0.05) is 23.3 Å². The highest BCUT2D eigenvalue weighted by Gasteiger charge is 2.11. The Bertz CT molecular complexity index is 799. The summed E-state index contributed by atoms with van der Waals surface area (Å²) in [6.07, 6.45) is 1.81. The van der Waals surface area contributed by atoms with Crippen LogP contribution in [0.5, 0.6) is 0 Å². The molecule has 5 nitrogen and oxygen atoms in total. The molecule has 5 heteroatoms. The van der Waals surface area contributed by atoms with E-state index in [9.17, 15) is 4.79 Å². The predicted molar refractivity (Wildman–Crippen MR) is 81.5 cm³/mol. The third kappa shape index (κ3) is 2.67. The minimum Gasteiger partial charge on any atom is -0.461 e. The van der Waals surface area contributed by atoms with Gasteiger partial charge in [-0.15, -0.1) is 0 Å². The van der Waals surface area contributed by atoms with E-state index in [0.717, 1.165) is 22.4 Å². The number of amides is 1. The maximum absolute atomic E-state index is 12.2. The molecule has 1 aromatic carbocycles. The van der Waals surface area contributed by atoms with E-state index >= 15 is 0 Å². The lowest BCUT2D eigenvalue weighted by atomic mass is 10.2. The minimum atomic E-state index is -0.214. The molecule has 0 aliphatic heterocycles. The second-order valence-electron chi connectivity index (χ2n) is 5.34. The summed E-state index contributed by atoms with van der Waals surface area (Å²) in [6, 6.07) is 9.46. The molecule has 0 saturated carbocycles. The van der Waals surface area contributed by atoms with Gasteiger partial charge >= 0.3 is 0 Å². The van der Waals surface area contributed by atoms with E-state index in [1.807, 2.05) is 51.2 Å². The second-order valence-corrected chi connectivity index (χ2v) is 5.34. The van der Waals surface area contributed by atoms with Crippen molar-refractivity contribution in [3.8, 4) is 0 Å². The molecule has 3 aromatic rings. The van der Waals surface area contributed by atoms with Gasteiger partial charge in [-0.3, -0.25) is 9.48 Å². The van der Waals surface area contributed by atoms with E-state index in [-0.39, 0.29) is 11.9 Å². The summed E-state index contributed by atoms with van der Waals surface area (Å²) in [5, 5.41) is 8.08. The van der Waals surface area contributed by atoms with Crippen LogP contribution in [0.1, 0.15) is 36.1 Å². The molecule has 2 aromatic heterocycles. The molecule has 2 heterocycles. The SMILES string of the molecule is Cc1cc2cc(NC(=O)c3ccn(C(C)C)n3)ccc2o1. The van der Waals surface area contributed by atoms with Crippen LogP contribution in [-0.2, 0) is 0 Å². The zero-order valence-electron chi connectivity index (χ0n) is 12.3. The molecular formula is C16H17N3O2. The maximum Gasteiger partial charge on any atom is 0.276 e. The van der Waals surface area contributed by atoms with Crippen LogP contribution < -0.4 is 5.32 Å². The van der Waals surface area contributed by atoms with Crippen LogP contribution in [0, 0.1) is 6.92 Å². The number of hydrogen-bond donors (Lipinski definition) is 1. The number of carbonyl (C=O) groups is 1. The van der Waals surface area contributed by atoms with Crippen molar-refractivity contribution in [3.63, 3.8) is 0 Å². The van der Waals surface area contributed by atoms with Crippen molar-refractivity contribution >= 4 is 22.6 Å². The summed E-state index contributed by atoms with van der Waals surface area (Å²) in [6.45, 7) is 5.94. The zero-order valence-corrected chi connectivity index (χ0v) is 12.3. The summed E-state index contributed by atoms with van der Waals surface area (Å²) < 4.78 is 7.28. The summed E-state index contributed by atoms with van der Waals surface area (Å²) in [5.41, 5.74) is 1.95. The summed E-state index contributed by atoms with van der Waals surface area (Å²) in [5.74, 6) is 0.637. The summed E-state index contributed by atoms with van der Waals surface area (Å²) in [7, 11) is 0. The van der Waals surface area contributed by atoms with Gasteiger partial charge in [-0.05, 0) is 51.1 Å². The number of furan rings is 1. The Morgan fingerprint density at radius 1 is 1.29 bits per heavy atom. The average Bonchev–Trinajstić information content (AvgIpc) is 3.03. The topological polar surface area (TPSA) is 60.1 Å². The lowest BCUT2D eigenvalue weighted by Crippen LogP contribution is -2.13. The lowest BCUT2D eigenvalue weighted by Gasteiger charge is -2.05. The van der Waals surface area contributed by atoms with E-state index in [0.29, 0.717) is 5.69 Å². The number of nitrogens with one attached hydrogen (secondary N) is 1. The van der Waals surface area contributed by atoms with Crippen LogP contribution in [0.4, 0.5) is 5.69 Å². The molecule has 0 spiro atoms. The first-order valence-corrected chi connectivity index (χ1v) is 6.89. The molecule has 1 N–H and O–H groups in total. The van der Waals surface area contributed by atoms with Crippen LogP contribution in [0.2, 0.25) is 0 Å². The Balaban J connectivity index is 1.81. The minimum absolute atomic E-state index is 0.214. The zero-order chi connectivity index (χ0) is 15.0. The van der Waals surface area contributed by atoms with Gasteiger partial charge in [0.05, 0.1) is 0 Å². The molecule has 0 aliphatic carbocycles. The molecule has 108 valence electrons. The molecular weight excluding hydrogens is 266 g/mol. The van der Waals surface area contributed by atoms with Gasteiger partial charge in [-0.2, -0.15) is 5.10 Å². The van der Waals surface area contributed by atoms with E-state index in [2.05, 4.69) is 10.4 Å². The van der Waals surface area contributed by atoms with Gasteiger partial charge < -0.3 is 9.73 Å². The van der Waals surface area contributed by atoms with Crippen molar-refractivity contribution in [1.82, 2.24) is 9.78 Å². The first-order valence-electron chi connectivity index (χ1n) is 6.89. The van der Waals surface area contributed by atoms with Crippen molar-refractivity contribution in [1.29, 1.82) is 0 Å². The number of hydrogen-bond acceptors (Lipinski definition) is 3. The molecule has 0 bridgehead atoms. The van der Waals surface area contributed by atoms with Crippen LogP contribution in [-0.4, -0.2) is 15.7 Å². The van der Waals surface area contributed by atoms with Crippen LogP contribution in [0.15, 0.2) is 40.9 Å². The third-order valence-electron chi connectivity index (χ3n) is 3.27. The standard InChI is InChI=1S/C16H17N3O2/c1-10(2)19-7-6-14(18-19)16(20)17-13-4-5-15-12(9-13)8-11(3)21-15/h4-10H,1-3H3,(H,17,20). The normalized spacial score (nSPS) is 11.2. The monoisotopic (exact) mass is 283 g/mol. The highest BCUT2D eigenvalue weighted by Crippen LogP contribution is 2.22. The molecule has 0 atom stereocenters. The van der Waals surface area contributed by atoms with Gasteiger partial charge in [0.2, 0.25) is 0 Å². The summed E-state index contributed by atoms with van der Waals surface area (Å²) >= 11 is 0. The van der Waals surface area contributed by atoms with Gasteiger partial charge in [0.1, 0.15) is 11.3 Å². The number of aromatic nitrogens is 2. The highest BCUT2D eigenvalue weighted by molar-refractivity contribution is 6.03. The Morgan fingerprint density at radius 3 is 2.81 bits per heavy atom. The Labute approximate surface area is 122 Å². The summed E-state index contributed by atoms with van der Waals surface area (Å²) in [4.78, 5) is 12.2. The van der Waals surface area contributed by atoms with Crippen LogP contribution in [0.3, 0.4) is 0 Å².